The lowest BCUT2D eigenvalue weighted by molar-refractivity contribution is -0.121. The van der Waals surface area contributed by atoms with Gasteiger partial charge in [-0.3, -0.25) is 9.69 Å². The lowest BCUT2D eigenvalue weighted by atomic mass is 10.2. The number of carbonyl (C=O) groups excluding carboxylic acids is 1. The molecule has 1 saturated heterocycles. The van der Waals surface area contributed by atoms with E-state index in [2.05, 4.69) is 0 Å². The van der Waals surface area contributed by atoms with Crippen LogP contribution in [0.3, 0.4) is 0 Å². The number of amides is 1. The topological polar surface area (TPSA) is 20.3 Å². The maximum atomic E-state index is 12.2. The van der Waals surface area contributed by atoms with Gasteiger partial charge in [-0.25, -0.2) is 0 Å². The molecule has 0 saturated carbocycles. The molecular weight excluding hydrogens is 339 g/mol. The fourth-order valence-corrected chi connectivity index (χ4v) is 3.61. The molecule has 8 heteroatoms. The monoisotopic (exact) mass is 349 g/mol. The number of hydrogen-bond donors (Lipinski definition) is 0. The van der Waals surface area contributed by atoms with E-state index in [4.69, 9.17) is 12.2 Å². The van der Waals surface area contributed by atoms with Crippen LogP contribution in [0, 0.1) is 0 Å². The zero-order valence-electron chi connectivity index (χ0n) is 10.8. The van der Waals surface area contributed by atoms with Gasteiger partial charge in [0, 0.05) is 11.4 Å². The van der Waals surface area contributed by atoms with E-state index in [0.717, 1.165) is 0 Å². The van der Waals surface area contributed by atoms with Crippen molar-refractivity contribution in [3.05, 3.63) is 34.7 Å². The first-order valence-corrected chi connectivity index (χ1v) is 7.95. The van der Waals surface area contributed by atoms with Crippen molar-refractivity contribution in [3.8, 4) is 0 Å². The molecule has 0 spiro atoms. The number of hydrogen-bond acceptors (Lipinski definition) is 4. The second kappa shape index (κ2) is 6.41. The number of likely N-dealkylation sites (N-methyl/N-ethyl adjacent to an activating group) is 1. The molecule has 0 N–H and O–H groups in total. The molecule has 21 heavy (non-hydrogen) atoms. The number of thiocarbonyl (C=S) groups is 1. The molecule has 1 fully saturated rings. The molecule has 2 nitrogen and oxygen atoms in total. The first-order chi connectivity index (χ1) is 9.80. The molecule has 1 amide bonds. The Morgan fingerprint density at radius 2 is 1.95 bits per heavy atom. The average Bonchev–Trinajstić information content (AvgIpc) is 2.65. The molecule has 0 bridgehead atoms. The predicted octanol–water partition coefficient (Wildman–Crippen LogP) is 4.52. The number of benzene rings is 1. The summed E-state index contributed by atoms with van der Waals surface area (Å²) in [5.41, 5.74) is -3.64. The molecular formula is C13H10F3NOS3. The summed E-state index contributed by atoms with van der Waals surface area (Å²) in [5.74, 6) is -0.166. The summed E-state index contributed by atoms with van der Waals surface area (Å²) in [4.78, 5) is 14.1. The largest absolute Gasteiger partial charge is 0.446 e. The maximum absolute atomic E-state index is 12.2. The number of thioether (sulfide) groups is 2. The van der Waals surface area contributed by atoms with E-state index < -0.39 is 5.51 Å². The molecule has 0 aliphatic carbocycles. The van der Waals surface area contributed by atoms with Crippen LogP contribution in [0.25, 0.3) is 6.08 Å². The summed E-state index contributed by atoms with van der Waals surface area (Å²) in [7, 11) is 0. The molecule has 1 aromatic rings. The van der Waals surface area contributed by atoms with Gasteiger partial charge in [-0.1, -0.05) is 36.1 Å². The SMILES string of the molecule is CCN1C(=O)/C(=C\c2ccc(SC(F)(F)F)cc2)SC1=S. The quantitative estimate of drug-likeness (QED) is 0.454. The van der Waals surface area contributed by atoms with E-state index in [1.807, 2.05) is 6.92 Å². The Kier molecular flexibility index (Phi) is 5.00. The number of carbonyl (C=O) groups is 1. The molecule has 1 aromatic carbocycles. The van der Waals surface area contributed by atoms with E-state index in [1.165, 1.54) is 28.8 Å². The summed E-state index contributed by atoms with van der Waals surface area (Å²) in [6, 6.07) is 5.86. The molecule has 1 aliphatic heterocycles. The first-order valence-electron chi connectivity index (χ1n) is 5.91. The Morgan fingerprint density at radius 1 is 1.33 bits per heavy atom. The smallest absolute Gasteiger partial charge is 0.293 e. The van der Waals surface area contributed by atoms with Gasteiger partial charge in [-0.05, 0) is 42.5 Å². The summed E-state index contributed by atoms with van der Waals surface area (Å²) >= 11 is 6.12. The van der Waals surface area contributed by atoms with Gasteiger partial charge in [0.2, 0.25) is 0 Å². The molecule has 0 atom stereocenters. The van der Waals surface area contributed by atoms with Crippen LogP contribution in [0.2, 0.25) is 0 Å². The highest BCUT2D eigenvalue weighted by atomic mass is 32.2. The molecule has 2 rings (SSSR count). The maximum Gasteiger partial charge on any atom is 0.446 e. The summed E-state index contributed by atoms with van der Waals surface area (Å²) in [6.07, 6.45) is 1.64. The first kappa shape index (κ1) is 16.4. The van der Waals surface area contributed by atoms with Gasteiger partial charge in [0.15, 0.2) is 0 Å². The van der Waals surface area contributed by atoms with E-state index in [1.54, 1.807) is 18.2 Å². The summed E-state index contributed by atoms with van der Waals surface area (Å²) in [5, 5.41) is 0. The lowest BCUT2D eigenvalue weighted by Gasteiger charge is -2.09. The third-order valence-electron chi connectivity index (χ3n) is 2.60. The third-order valence-corrected chi connectivity index (χ3v) is 4.72. The molecule has 0 unspecified atom stereocenters. The minimum atomic E-state index is -4.30. The molecule has 112 valence electrons. The van der Waals surface area contributed by atoms with Gasteiger partial charge in [0.1, 0.15) is 4.32 Å². The van der Waals surface area contributed by atoms with E-state index >= 15 is 0 Å². The Labute approximate surface area is 133 Å². The minimum absolute atomic E-state index is 0.112. The second-order valence-corrected chi connectivity index (χ2v) is 6.86. The molecule has 0 aromatic heterocycles. The number of halogens is 3. The van der Waals surface area contributed by atoms with Crippen LogP contribution in [-0.2, 0) is 4.79 Å². The summed E-state index contributed by atoms with van der Waals surface area (Å²) in [6.45, 7) is 2.33. The Morgan fingerprint density at radius 3 is 2.43 bits per heavy atom. The van der Waals surface area contributed by atoms with Crippen molar-refractivity contribution >= 4 is 52.0 Å². The second-order valence-electron chi connectivity index (χ2n) is 4.04. The van der Waals surface area contributed by atoms with Gasteiger partial charge in [0.05, 0.1) is 4.91 Å². The van der Waals surface area contributed by atoms with Gasteiger partial charge in [-0.15, -0.1) is 0 Å². The number of rotatable bonds is 3. The van der Waals surface area contributed by atoms with Crippen molar-refractivity contribution in [2.75, 3.05) is 6.54 Å². The Bertz CT molecular complexity index is 596. The van der Waals surface area contributed by atoms with Crippen LogP contribution < -0.4 is 0 Å². The standard InChI is InChI=1S/C13H10F3NOS3/c1-2-17-11(18)10(20-12(17)19)7-8-3-5-9(6-4-8)21-13(14,15)16/h3-7H,2H2,1H3/b10-7+. The fraction of sp³-hybridized carbons (Fsp3) is 0.231. The van der Waals surface area contributed by atoms with Crippen molar-refractivity contribution in [1.29, 1.82) is 0 Å². The molecule has 0 radical (unpaired) electrons. The number of alkyl halides is 3. The molecule has 1 heterocycles. The third kappa shape index (κ3) is 4.24. The molecule has 1 aliphatic rings. The highest BCUT2D eigenvalue weighted by Gasteiger charge is 2.31. The zero-order valence-corrected chi connectivity index (χ0v) is 13.3. The van der Waals surface area contributed by atoms with Crippen molar-refractivity contribution in [2.24, 2.45) is 0 Å². The summed E-state index contributed by atoms with van der Waals surface area (Å²) < 4.78 is 37.2. The van der Waals surface area contributed by atoms with Crippen molar-refractivity contribution in [2.45, 2.75) is 17.3 Å². The minimum Gasteiger partial charge on any atom is -0.293 e. The van der Waals surface area contributed by atoms with Gasteiger partial charge in [-0.2, -0.15) is 13.2 Å². The van der Waals surface area contributed by atoms with Crippen LogP contribution >= 0.6 is 35.7 Å². The van der Waals surface area contributed by atoms with Crippen LogP contribution in [0.5, 0.6) is 0 Å². The van der Waals surface area contributed by atoms with Gasteiger partial charge in [0.25, 0.3) is 5.91 Å². The average molecular weight is 349 g/mol. The highest BCUT2D eigenvalue weighted by Crippen LogP contribution is 2.37. The number of nitrogens with zero attached hydrogens (tertiary/aromatic N) is 1. The fourth-order valence-electron chi connectivity index (χ4n) is 1.69. The predicted molar refractivity (Wildman–Crippen MR) is 83.9 cm³/mol. The van der Waals surface area contributed by atoms with Gasteiger partial charge >= 0.3 is 5.51 Å². The highest BCUT2D eigenvalue weighted by molar-refractivity contribution is 8.26. The normalized spacial score (nSPS) is 17.9. The van der Waals surface area contributed by atoms with E-state index in [0.29, 0.717) is 21.3 Å². The Hall–Kier alpha value is -0.990. The van der Waals surface area contributed by atoms with Gasteiger partial charge < -0.3 is 0 Å². The zero-order chi connectivity index (χ0) is 15.6. The van der Waals surface area contributed by atoms with Crippen LogP contribution in [0.4, 0.5) is 13.2 Å². The Balaban J connectivity index is 2.15. The van der Waals surface area contributed by atoms with E-state index in [9.17, 15) is 18.0 Å². The van der Waals surface area contributed by atoms with Crippen molar-refractivity contribution in [3.63, 3.8) is 0 Å². The lowest BCUT2D eigenvalue weighted by Crippen LogP contribution is -2.27. The van der Waals surface area contributed by atoms with Crippen molar-refractivity contribution in [1.82, 2.24) is 4.90 Å². The van der Waals surface area contributed by atoms with Crippen LogP contribution in [-0.4, -0.2) is 27.2 Å². The van der Waals surface area contributed by atoms with E-state index in [-0.39, 0.29) is 22.6 Å². The van der Waals surface area contributed by atoms with Crippen LogP contribution in [0.1, 0.15) is 12.5 Å². The van der Waals surface area contributed by atoms with Crippen LogP contribution in [0.15, 0.2) is 34.1 Å². The van der Waals surface area contributed by atoms with Crippen molar-refractivity contribution < 1.29 is 18.0 Å².